The molecule has 1 nitrogen and oxygen atoms in total. The molecule has 56 valence electrons. The Hall–Kier alpha value is 0.960. The lowest BCUT2D eigenvalue weighted by Gasteiger charge is -2.29. The highest BCUT2D eigenvalue weighted by Gasteiger charge is 1.99. The van der Waals surface area contributed by atoms with Gasteiger partial charge in [0.1, 0.15) is 0 Å². The van der Waals surface area contributed by atoms with Gasteiger partial charge in [0.2, 0.25) is 0 Å². The maximum atomic E-state index is 5.33. The Kier molecular flexibility index (Phi) is 4.39. The molecule has 0 spiro atoms. The highest BCUT2D eigenvalue weighted by Crippen LogP contribution is 2.44. The molecule has 4 heteroatoms. The summed E-state index contributed by atoms with van der Waals surface area (Å²) in [5.41, 5.74) is -1.81. The van der Waals surface area contributed by atoms with Crippen LogP contribution in [0.1, 0.15) is 20.8 Å². The summed E-state index contributed by atoms with van der Waals surface area (Å²) in [4.78, 5) is 0. The minimum Gasteiger partial charge on any atom is -0.719 e. The second-order valence-corrected chi connectivity index (χ2v) is 8.38. The van der Waals surface area contributed by atoms with Crippen LogP contribution < -0.4 is 0 Å². The summed E-state index contributed by atoms with van der Waals surface area (Å²) in [5, 5.41) is 0. The third kappa shape index (κ3) is 5.41. The number of hydrogen-bond donors (Lipinski definition) is 0. The summed E-state index contributed by atoms with van der Waals surface area (Å²) in [7, 11) is 0. The molecule has 0 aliphatic rings. The predicted molar refractivity (Wildman–Crippen MR) is 48.4 cm³/mol. The minimum absolute atomic E-state index is 0.188. The Balaban J connectivity index is 3.73. The molecule has 1 unspecified atom stereocenters. The maximum Gasteiger partial charge on any atom is 0.0546 e. The Morgan fingerprint density at radius 1 is 1.67 bits per heavy atom. The van der Waals surface area contributed by atoms with Crippen LogP contribution in [0.3, 0.4) is 0 Å². The van der Waals surface area contributed by atoms with Gasteiger partial charge >= 0.3 is 0 Å². The van der Waals surface area contributed by atoms with Gasteiger partial charge in [-0.3, -0.25) is 0 Å². The van der Waals surface area contributed by atoms with Crippen LogP contribution in [-0.4, -0.2) is 12.3 Å². The Morgan fingerprint density at radius 3 is 2.22 bits per heavy atom. The van der Waals surface area contributed by atoms with E-state index in [4.69, 9.17) is 28.6 Å². The standard InChI is InChI=1S/C5H13OPS2/c1-4-7(8,9)6-5(2)3/h5H,4H2,1-3H3,(H,8,9)/p-1. The van der Waals surface area contributed by atoms with Crippen LogP contribution in [0.5, 0.6) is 0 Å². The van der Waals surface area contributed by atoms with Crippen LogP contribution >= 0.6 is 5.47 Å². The molecule has 0 amide bonds. The van der Waals surface area contributed by atoms with Crippen LogP contribution in [0.2, 0.25) is 0 Å². The Labute approximate surface area is 67.4 Å². The quantitative estimate of drug-likeness (QED) is 0.491. The zero-order chi connectivity index (χ0) is 7.49. The largest absolute Gasteiger partial charge is 0.719 e. The van der Waals surface area contributed by atoms with E-state index in [2.05, 4.69) is 0 Å². The van der Waals surface area contributed by atoms with E-state index in [0.717, 1.165) is 6.16 Å². The fourth-order valence-electron chi connectivity index (χ4n) is 0.396. The monoisotopic (exact) mass is 183 g/mol. The topological polar surface area (TPSA) is 9.23 Å². The van der Waals surface area contributed by atoms with Crippen LogP contribution in [0.4, 0.5) is 0 Å². The molecule has 0 bridgehead atoms. The summed E-state index contributed by atoms with van der Waals surface area (Å²) in [6.45, 7) is 5.90. The molecule has 1 atom stereocenters. The lowest BCUT2D eigenvalue weighted by atomic mass is 10.5. The molecule has 0 fully saturated rings. The van der Waals surface area contributed by atoms with Gasteiger partial charge in [0.05, 0.1) is 6.10 Å². The minimum atomic E-state index is -1.81. The Morgan fingerprint density at radius 2 is 2.11 bits per heavy atom. The molecular formula is C5H12OPS2-. The van der Waals surface area contributed by atoms with Crippen molar-refractivity contribution in [1.29, 1.82) is 0 Å². The van der Waals surface area contributed by atoms with Gasteiger partial charge in [0, 0.05) is 0 Å². The predicted octanol–water partition coefficient (Wildman–Crippen LogP) is 2.29. The van der Waals surface area contributed by atoms with Crippen molar-refractivity contribution < 1.29 is 4.52 Å². The lowest BCUT2D eigenvalue weighted by molar-refractivity contribution is 0.276. The molecule has 9 heavy (non-hydrogen) atoms. The van der Waals surface area contributed by atoms with Gasteiger partial charge in [-0.25, -0.2) is 0 Å². The summed E-state index contributed by atoms with van der Waals surface area (Å²) in [6.07, 6.45) is 1.00. The van der Waals surface area contributed by atoms with E-state index >= 15 is 0 Å². The van der Waals surface area contributed by atoms with Crippen molar-refractivity contribution in [3.8, 4) is 0 Å². The molecule has 0 aromatic heterocycles. The second kappa shape index (κ2) is 3.97. The summed E-state index contributed by atoms with van der Waals surface area (Å²) in [5.74, 6) is 0. The van der Waals surface area contributed by atoms with Crippen molar-refractivity contribution >= 4 is 29.5 Å². The van der Waals surface area contributed by atoms with Crippen LogP contribution in [0.25, 0.3) is 0 Å². The lowest BCUT2D eigenvalue weighted by Crippen LogP contribution is -1.99. The van der Waals surface area contributed by atoms with E-state index in [-0.39, 0.29) is 6.10 Å². The zero-order valence-corrected chi connectivity index (χ0v) is 8.48. The van der Waals surface area contributed by atoms with E-state index < -0.39 is 5.47 Å². The van der Waals surface area contributed by atoms with Crippen LogP contribution in [0.15, 0.2) is 0 Å². The number of rotatable bonds is 3. The fraction of sp³-hybridized carbons (Fsp3) is 1.00. The average molecular weight is 183 g/mol. The van der Waals surface area contributed by atoms with Crippen LogP contribution in [-0.2, 0) is 28.6 Å². The van der Waals surface area contributed by atoms with E-state index in [1.807, 2.05) is 20.8 Å². The smallest absolute Gasteiger partial charge is 0.0546 e. The van der Waals surface area contributed by atoms with Crippen molar-refractivity contribution in [2.75, 3.05) is 6.16 Å². The molecule has 0 aromatic rings. The first-order valence-electron chi connectivity index (χ1n) is 2.96. The molecule has 0 aliphatic carbocycles. The van der Waals surface area contributed by atoms with E-state index in [1.54, 1.807) is 0 Å². The zero-order valence-electron chi connectivity index (χ0n) is 5.96. The van der Waals surface area contributed by atoms with E-state index in [9.17, 15) is 0 Å². The van der Waals surface area contributed by atoms with Gasteiger partial charge in [0.25, 0.3) is 0 Å². The van der Waals surface area contributed by atoms with Crippen molar-refractivity contribution in [2.45, 2.75) is 26.9 Å². The molecule has 0 heterocycles. The van der Waals surface area contributed by atoms with E-state index in [1.165, 1.54) is 0 Å². The first-order chi connectivity index (χ1) is 3.98. The third-order valence-electron chi connectivity index (χ3n) is 0.759. The average Bonchev–Trinajstić information content (AvgIpc) is 1.63. The molecule has 0 saturated carbocycles. The highest BCUT2D eigenvalue weighted by molar-refractivity contribution is 8.53. The molecular weight excluding hydrogens is 171 g/mol. The van der Waals surface area contributed by atoms with Gasteiger partial charge in [-0.2, -0.15) is 0 Å². The van der Waals surface area contributed by atoms with Gasteiger partial charge in [-0.1, -0.05) is 24.2 Å². The van der Waals surface area contributed by atoms with Gasteiger partial charge in [0.15, 0.2) is 0 Å². The van der Waals surface area contributed by atoms with Crippen LogP contribution in [0, 0.1) is 0 Å². The fourth-order valence-corrected chi connectivity index (χ4v) is 2.22. The van der Waals surface area contributed by atoms with Crippen molar-refractivity contribution in [2.24, 2.45) is 0 Å². The first kappa shape index (κ1) is 9.96. The number of hydrogen-bond acceptors (Lipinski definition) is 3. The summed E-state index contributed by atoms with van der Waals surface area (Å²) < 4.78 is 5.33. The molecule has 0 radical (unpaired) electrons. The second-order valence-electron chi connectivity index (χ2n) is 2.08. The van der Waals surface area contributed by atoms with Gasteiger partial charge in [-0.05, 0) is 20.0 Å². The summed E-state index contributed by atoms with van der Waals surface area (Å²) in [6, 6.07) is 0. The van der Waals surface area contributed by atoms with Crippen molar-refractivity contribution in [1.82, 2.24) is 0 Å². The maximum absolute atomic E-state index is 5.33. The van der Waals surface area contributed by atoms with Crippen molar-refractivity contribution in [3.63, 3.8) is 0 Å². The summed E-state index contributed by atoms with van der Waals surface area (Å²) >= 11 is 10.0. The Bertz CT molecular complexity index is 124. The molecule has 0 aromatic carbocycles. The molecule has 0 saturated heterocycles. The van der Waals surface area contributed by atoms with Crippen molar-refractivity contribution in [3.05, 3.63) is 0 Å². The normalized spacial score (nSPS) is 17.9. The molecule has 0 aliphatic heterocycles. The molecule has 0 N–H and O–H groups in total. The first-order valence-corrected chi connectivity index (χ1v) is 6.88. The highest BCUT2D eigenvalue weighted by atomic mass is 32.9. The van der Waals surface area contributed by atoms with E-state index in [0.29, 0.717) is 0 Å². The van der Waals surface area contributed by atoms with Gasteiger partial charge in [-0.15, -0.1) is 0 Å². The van der Waals surface area contributed by atoms with Gasteiger partial charge < -0.3 is 16.8 Å². The molecule has 0 rings (SSSR count). The SMILES string of the molecule is CCP(=S)([S-])OC(C)C. The third-order valence-corrected chi connectivity index (χ3v) is 4.34.